The van der Waals surface area contributed by atoms with Crippen molar-refractivity contribution in [3.63, 3.8) is 0 Å². The Hall–Kier alpha value is -1.67. The molecule has 4 nitrogen and oxygen atoms in total. The second kappa shape index (κ2) is 8.44. The van der Waals surface area contributed by atoms with Gasteiger partial charge in [-0.05, 0) is 44.8 Å². The number of benzene rings is 1. The highest BCUT2D eigenvalue weighted by atomic mass is 28.4. The molecule has 1 aromatic carbocycles. The van der Waals surface area contributed by atoms with Gasteiger partial charge in [-0.3, -0.25) is 0 Å². The van der Waals surface area contributed by atoms with Crippen LogP contribution in [0.15, 0.2) is 48.3 Å². The average Bonchev–Trinajstić information content (AvgIpc) is 2.45. The number of methoxy groups -OCH3 is 2. The van der Waals surface area contributed by atoms with E-state index in [4.69, 9.17) is 18.3 Å². The SMILES string of the molecule is CO/C=C(O[Si](C)(C)C)\C(=C(\OC)O[Si](C)(C)C)c1ccccc1. The number of hydrogen-bond donors (Lipinski definition) is 0. The third-order valence-electron chi connectivity index (χ3n) is 2.74. The minimum absolute atomic E-state index is 0.474. The van der Waals surface area contributed by atoms with E-state index in [2.05, 4.69) is 39.3 Å². The molecule has 134 valence electrons. The summed E-state index contributed by atoms with van der Waals surface area (Å²) >= 11 is 0. The highest BCUT2D eigenvalue weighted by molar-refractivity contribution is 6.70. The molecule has 0 unspecified atom stereocenters. The minimum atomic E-state index is -1.86. The summed E-state index contributed by atoms with van der Waals surface area (Å²) < 4.78 is 23.3. The summed E-state index contributed by atoms with van der Waals surface area (Å²) in [4.78, 5) is 0. The molecule has 0 aromatic heterocycles. The Bertz CT molecular complexity index is 581. The standard InChI is InChI=1S/C18H30O4Si2/c1-19-14-16(21-23(3,4)5)17(15-12-10-9-11-13-15)18(20-2)22-24(6,7)8/h9-14H,1-8H3/b16-14+,18-17-. The number of allylic oxidation sites excluding steroid dienone is 1. The van der Waals surface area contributed by atoms with Crippen molar-refractivity contribution in [2.24, 2.45) is 0 Å². The maximum absolute atomic E-state index is 6.26. The summed E-state index contributed by atoms with van der Waals surface area (Å²) in [6, 6.07) is 9.97. The zero-order chi connectivity index (χ0) is 18.4. The number of ether oxygens (including phenoxy) is 2. The van der Waals surface area contributed by atoms with Gasteiger partial charge in [0.2, 0.25) is 16.6 Å². The maximum Gasteiger partial charge on any atom is 0.277 e. The molecule has 0 heterocycles. The zero-order valence-electron chi connectivity index (χ0n) is 16.1. The molecule has 0 amide bonds. The third kappa shape index (κ3) is 6.84. The van der Waals surface area contributed by atoms with Crippen molar-refractivity contribution in [3.05, 3.63) is 53.9 Å². The molecule has 0 aliphatic carbocycles. The predicted molar refractivity (Wildman–Crippen MR) is 104 cm³/mol. The van der Waals surface area contributed by atoms with Crippen molar-refractivity contribution < 1.29 is 18.3 Å². The molecule has 0 bridgehead atoms. The molecule has 0 atom stereocenters. The Morgan fingerprint density at radius 1 is 0.833 bits per heavy atom. The van der Waals surface area contributed by atoms with Gasteiger partial charge in [0, 0.05) is 0 Å². The van der Waals surface area contributed by atoms with Gasteiger partial charge in [-0.25, -0.2) is 0 Å². The second-order valence-electron chi connectivity index (χ2n) is 7.38. The topological polar surface area (TPSA) is 36.9 Å². The summed E-state index contributed by atoms with van der Waals surface area (Å²) in [6.45, 7) is 12.7. The van der Waals surface area contributed by atoms with Crippen LogP contribution in [0, 0.1) is 0 Å². The van der Waals surface area contributed by atoms with E-state index >= 15 is 0 Å². The Morgan fingerprint density at radius 3 is 1.79 bits per heavy atom. The largest absolute Gasteiger partial charge is 0.542 e. The fourth-order valence-electron chi connectivity index (χ4n) is 2.01. The highest BCUT2D eigenvalue weighted by Crippen LogP contribution is 2.32. The van der Waals surface area contributed by atoms with Crippen LogP contribution >= 0.6 is 0 Å². The lowest BCUT2D eigenvalue weighted by Crippen LogP contribution is -2.28. The summed E-state index contributed by atoms with van der Waals surface area (Å²) in [7, 11) is -0.477. The van der Waals surface area contributed by atoms with Crippen molar-refractivity contribution in [1.82, 2.24) is 0 Å². The van der Waals surface area contributed by atoms with E-state index in [-0.39, 0.29) is 0 Å². The first-order valence-electron chi connectivity index (χ1n) is 8.02. The van der Waals surface area contributed by atoms with E-state index in [1.54, 1.807) is 20.5 Å². The van der Waals surface area contributed by atoms with E-state index in [0.29, 0.717) is 11.7 Å². The molecular formula is C18H30O4Si2. The Labute approximate surface area is 148 Å². The lowest BCUT2D eigenvalue weighted by atomic mass is 10.1. The molecule has 0 saturated heterocycles. The van der Waals surface area contributed by atoms with Crippen LogP contribution in [0.3, 0.4) is 0 Å². The van der Waals surface area contributed by atoms with Crippen LogP contribution < -0.4 is 0 Å². The van der Waals surface area contributed by atoms with E-state index in [9.17, 15) is 0 Å². The van der Waals surface area contributed by atoms with Crippen molar-refractivity contribution in [2.45, 2.75) is 39.3 Å². The molecule has 6 heteroatoms. The summed E-state index contributed by atoms with van der Waals surface area (Å²) in [5.74, 6) is 1.11. The molecule has 0 fully saturated rings. The minimum Gasteiger partial charge on any atom is -0.542 e. The number of hydrogen-bond acceptors (Lipinski definition) is 4. The third-order valence-corrected chi connectivity index (χ3v) is 4.37. The van der Waals surface area contributed by atoms with Gasteiger partial charge in [-0.15, -0.1) is 0 Å². The Kier molecular flexibility index (Phi) is 7.16. The van der Waals surface area contributed by atoms with Crippen LogP contribution in [0.1, 0.15) is 5.56 Å². The van der Waals surface area contributed by atoms with Gasteiger partial charge in [-0.2, -0.15) is 0 Å². The first kappa shape index (κ1) is 20.4. The van der Waals surface area contributed by atoms with Crippen molar-refractivity contribution in [2.75, 3.05) is 14.2 Å². The predicted octanol–water partition coefficient (Wildman–Crippen LogP) is 5.19. The molecule has 0 N–H and O–H groups in total. The Balaban J connectivity index is 3.54. The summed E-state index contributed by atoms with van der Waals surface area (Å²) in [6.07, 6.45) is 1.62. The average molecular weight is 367 g/mol. The highest BCUT2D eigenvalue weighted by Gasteiger charge is 2.28. The van der Waals surface area contributed by atoms with E-state index < -0.39 is 16.6 Å². The Morgan fingerprint density at radius 2 is 1.38 bits per heavy atom. The van der Waals surface area contributed by atoms with Gasteiger partial charge in [0.25, 0.3) is 5.95 Å². The van der Waals surface area contributed by atoms with E-state index in [0.717, 1.165) is 11.1 Å². The molecular weight excluding hydrogens is 336 g/mol. The summed E-state index contributed by atoms with van der Waals surface area (Å²) in [5, 5.41) is 0. The fourth-order valence-corrected chi connectivity index (χ4v) is 3.56. The van der Waals surface area contributed by atoms with Gasteiger partial charge in [0.1, 0.15) is 11.8 Å². The number of rotatable bonds is 8. The second-order valence-corrected chi connectivity index (χ2v) is 16.2. The molecule has 0 radical (unpaired) electrons. The molecule has 0 aliphatic heterocycles. The molecule has 1 aromatic rings. The quantitative estimate of drug-likeness (QED) is 0.360. The van der Waals surface area contributed by atoms with Crippen LogP contribution in [0.4, 0.5) is 0 Å². The molecule has 24 heavy (non-hydrogen) atoms. The maximum atomic E-state index is 6.26. The van der Waals surface area contributed by atoms with Gasteiger partial charge in [-0.1, -0.05) is 30.3 Å². The van der Waals surface area contributed by atoms with Gasteiger partial charge < -0.3 is 18.3 Å². The molecule has 0 aliphatic rings. The van der Waals surface area contributed by atoms with Gasteiger partial charge >= 0.3 is 0 Å². The van der Waals surface area contributed by atoms with Crippen molar-refractivity contribution >= 4 is 22.2 Å². The monoisotopic (exact) mass is 366 g/mol. The van der Waals surface area contributed by atoms with Crippen molar-refractivity contribution in [3.8, 4) is 0 Å². The smallest absolute Gasteiger partial charge is 0.277 e. The zero-order valence-corrected chi connectivity index (χ0v) is 18.1. The van der Waals surface area contributed by atoms with Gasteiger partial charge in [0.05, 0.1) is 14.2 Å². The van der Waals surface area contributed by atoms with E-state index in [1.165, 1.54) is 0 Å². The lowest BCUT2D eigenvalue weighted by Gasteiger charge is -2.27. The van der Waals surface area contributed by atoms with Crippen LogP contribution in [-0.4, -0.2) is 30.9 Å². The van der Waals surface area contributed by atoms with E-state index in [1.807, 2.05) is 30.3 Å². The lowest BCUT2D eigenvalue weighted by molar-refractivity contribution is 0.148. The van der Waals surface area contributed by atoms with Crippen LogP contribution in [0.2, 0.25) is 39.3 Å². The molecule has 1 rings (SSSR count). The first-order valence-corrected chi connectivity index (χ1v) is 14.8. The van der Waals surface area contributed by atoms with Crippen molar-refractivity contribution in [1.29, 1.82) is 0 Å². The first-order chi connectivity index (χ1) is 11.1. The van der Waals surface area contributed by atoms with Crippen LogP contribution in [0.5, 0.6) is 0 Å². The molecule has 0 spiro atoms. The van der Waals surface area contributed by atoms with Gasteiger partial charge in [0.15, 0.2) is 5.76 Å². The normalized spacial score (nSPS) is 13.9. The molecule has 0 saturated carbocycles. The van der Waals surface area contributed by atoms with Crippen LogP contribution in [-0.2, 0) is 18.3 Å². The fraction of sp³-hybridized carbons (Fsp3) is 0.444. The summed E-state index contributed by atoms with van der Waals surface area (Å²) in [5.41, 5.74) is 1.75. The van der Waals surface area contributed by atoms with Crippen LogP contribution in [0.25, 0.3) is 5.57 Å².